The Kier molecular flexibility index (Phi) is 1.72. The maximum absolute atomic E-state index is 13.4. The fourth-order valence-electron chi connectivity index (χ4n) is 1.27. The van der Waals surface area contributed by atoms with E-state index in [0.717, 1.165) is 0 Å². The Morgan fingerprint density at radius 1 is 1.31 bits per heavy atom. The van der Waals surface area contributed by atoms with E-state index in [1.165, 1.54) is 31.5 Å². The van der Waals surface area contributed by atoms with Crippen LogP contribution in [0.15, 0.2) is 24.5 Å². The predicted molar refractivity (Wildman–Crippen MR) is 46.4 cm³/mol. The molecule has 1 aromatic carbocycles. The molecule has 2 rings (SSSR count). The molecule has 0 saturated heterocycles. The molecule has 0 spiro atoms. The summed E-state index contributed by atoms with van der Waals surface area (Å²) in [6, 6.07) is 2.83. The highest BCUT2D eigenvalue weighted by atomic mass is 19.1. The molecule has 0 radical (unpaired) electrons. The van der Waals surface area contributed by atoms with Crippen LogP contribution in [0.3, 0.4) is 0 Å². The van der Waals surface area contributed by atoms with E-state index in [4.69, 9.17) is 0 Å². The van der Waals surface area contributed by atoms with Gasteiger partial charge >= 0.3 is 0 Å². The normalized spacial score (nSPS) is 10.7. The summed E-state index contributed by atoms with van der Waals surface area (Å²) in [5, 5.41) is 0.900. The lowest BCUT2D eigenvalue weighted by Crippen LogP contribution is -1.90. The van der Waals surface area contributed by atoms with Crippen molar-refractivity contribution in [3.8, 4) is 0 Å². The number of aromatic nitrogens is 1. The molecule has 0 unspecified atom stereocenters. The molecule has 13 heavy (non-hydrogen) atoms. The number of fused-ring (bicyclic) bond motifs is 1. The summed E-state index contributed by atoms with van der Waals surface area (Å²) in [6.07, 6.45) is 2.93. The molecule has 0 N–H and O–H groups in total. The zero-order valence-electron chi connectivity index (χ0n) is 7.01. The molecule has 1 aromatic heterocycles. The van der Waals surface area contributed by atoms with Crippen LogP contribution in [0.2, 0.25) is 0 Å². The number of hydrogen-bond acceptors (Lipinski definition) is 1. The Labute approximate surface area is 74.0 Å². The fourth-order valence-corrected chi connectivity index (χ4v) is 1.27. The highest BCUT2D eigenvalue weighted by molar-refractivity contribution is 5.82. The van der Waals surface area contributed by atoms with E-state index in [9.17, 15) is 8.78 Å². The first kappa shape index (κ1) is 8.10. The van der Waals surface area contributed by atoms with Crippen molar-refractivity contribution in [1.29, 1.82) is 0 Å². The van der Waals surface area contributed by atoms with E-state index in [0.29, 0.717) is 10.8 Å². The number of hydrogen-bond donors (Lipinski definition) is 0. The van der Waals surface area contributed by atoms with Gasteiger partial charge in [0.2, 0.25) is 0 Å². The van der Waals surface area contributed by atoms with Crippen LogP contribution in [0.5, 0.6) is 0 Å². The van der Waals surface area contributed by atoms with Crippen molar-refractivity contribution in [2.24, 2.45) is 0 Å². The zero-order valence-corrected chi connectivity index (χ0v) is 7.01. The van der Waals surface area contributed by atoms with Crippen LogP contribution in [-0.4, -0.2) is 4.98 Å². The second-order valence-electron chi connectivity index (χ2n) is 2.89. The summed E-state index contributed by atoms with van der Waals surface area (Å²) in [5.41, 5.74) is 0.0544. The minimum atomic E-state index is -0.530. The second-order valence-corrected chi connectivity index (χ2v) is 2.89. The van der Waals surface area contributed by atoms with Gasteiger partial charge in [-0.25, -0.2) is 8.78 Å². The molecule has 0 atom stereocenters. The largest absolute Gasteiger partial charge is 0.264 e. The molecule has 0 bridgehead atoms. The van der Waals surface area contributed by atoms with Crippen molar-refractivity contribution in [2.75, 3.05) is 0 Å². The van der Waals surface area contributed by atoms with Gasteiger partial charge in [-0.3, -0.25) is 4.98 Å². The first-order valence-corrected chi connectivity index (χ1v) is 3.88. The van der Waals surface area contributed by atoms with Crippen molar-refractivity contribution >= 4 is 10.8 Å². The van der Waals surface area contributed by atoms with Gasteiger partial charge in [0.25, 0.3) is 0 Å². The predicted octanol–water partition coefficient (Wildman–Crippen LogP) is 2.82. The Morgan fingerprint density at radius 2 is 2.08 bits per heavy atom. The van der Waals surface area contributed by atoms with Crippen molar-refractivity contribution in [2.45, 2.75) is 6.92 Å². The van der Waals surface area contributed by atoms with Gasteiger partial charge in [-0.2, -0.15) is 0 Å². The summed E-state index contributed by atoms with van der Waals surface area (Å²) in [6.45, 7) is 1.42. The average Bonchev–Trinajstić information content (AvgIpc) is 2.15. The minimum absolute atomic E-state index is 0.0544. The van der Waals surface area contributed by atoms with Gasteiger partial charge < -0.3 is 0 Å². The number of nitrogens with zero attached hydrogens (tertiary/aromatic N) is 1. The first-order chi connectivity index (χ1) is 6.20. The fraction of sp³-hybridized carbons (Fsp3) is 0.100. The van der Waals surface area contributed by atoms with Crippen LogP contribution < -0.4 is 0 Å². The van der Waals surface area contributed by atoms with Gasteiger partial charge in [-0.1, -0.05) is 0 Å². The monoisotopic (exact) mass is 179 g/mol. The molecule has 0 aliphatic heterocycles. The van der Waals surface area contributed by atoms with Crippen molar-refractivity contribution in [3.05, 3.63) is 41.7 Å². The molecule has 1 heterocycles. The van der Waals surface area contributed by atoms with Crippen LogP contribution in [0, 0.1) is 18.6 Å². The first-order valence-electron chi connectivity index (χ1n) is 3.88. The molecule has 2 aromatic rings. The van der Waals surface area contributed by atoms with E-state index in [2.05, 4.69) is 4.98 Å². The molecule has 0 fully saturated rings. The van der Waals surface area contributed by atoms with E-state index < -0.39 is 11.6 Å². The summed E-state index contributed by atoms with van der Waals surface area (Å²) in [5.74, 6) is -1.03. The van der Waals surface area contributed by atoms with Crippen molar-refractivity contribution < 1.29 is 8.78 Å². The lowest BCUT2D eigenvalue weighted by atomic mass is 10.1. The lowest BCUT2D eigenvalue weighted by molar-refractivity contribution is 0.577. The Morgan fingerprint density at radius 3 is 2.85 bits per heavy atom. The summed E-state index contributed by atoms with van der Waals surface area (Å²) >= 11 is 0. The summed E-state index contributed by atoms with van der Waals surface area (Å²) in [4.78, 5) is 3.79. The van der Waals surface area contributed by atoms with Gasteiger partial charge in [0.1, 0.15) is 11.6 Å². The topological polar surface area (TPSA) is 12.9 Å². The highest BCUT2D eigenvalue weighted by Crippen LogP contribution is 2.21. The maximum Gasteiger partial charge on any atom is 0.136 e. The van der Waals surface area contributed by atoms with Crippen LogP contribution in [0.4, 0.5) is 8.78 Å². The van der Waals surface area contributed by atoms with Crippen LogP contribution in [0.1, 0.15) is 5.56 Å². The summed E-state index contributed by atoms with van der Waals surface area (Å²) in [7, 11) is 0. The van der Waals surface area contributed by atoms with Gasteiger partial charge in [0, 0.05) is 28.7 Å². The number of pyridine rings is 1. The van der Waals surface area contributed by atoms with Gasteiger partial charge in [0.15, 0.2) is 0 Å². The Balaban J connectivity index is 2.94. The van der Waals surface area contributed by atoms with E-state index in [1.807, 2.05) is 0 Å². The second kappa shape index (κ2) is 2.76. The third-order valence-corrected chi connectivity index (χ3v) is 2.06. The SMILES string of the molecule is Cc1c(F)cc2cnccc2c1F. The number of halogens is 2. The molecular formula is C10H7F2N. The van der Waals surface area contributed by atoms with E-state index >= 15 is 0 Å². The molecule has 0 saturated carbocycles. The minimum Gasteiger partial charge on any atom is -0.264 e. The molecule has 1 nitrogen and oxygen atoms in total. The van der Waals surface area contributed by atoms with Gasteiger partial charge in [-0.05, 0) is 19.1 Å². The van der Waals surface area contributed by atoms with Crippen LogP contribution >= 0.6 is 0 Å². The summed E-state index contributed by atoms with van der Waals surface area (Å²) < 4.78 is 26.4. The molecule has 0 amide bonds. The number of rotatable bonds is 0. The standard InChI is InChI=1S/C10H7F2N/c1-6-9(11)4-7-5-13-3-2-8(7)10(6)12/h2-5H,1H3. The van der Waals surface area contributed by atoms with Crippen molar-refractivity contribution in [3.63, 3.8) is 0 Å². The average molecular weight is 179 g/mol. The smallest absolute Gasteiger partial charge is 0.136 e. The van der Waals surface area contributed by atoms with Gasteiger partial charge in [0.05, 0.1) is 0 Å². The lowest BCUT2D eigenvalue weighted by Gasteiger charge is -2.02. The Bertz CT molecular complexity index is 466. The van der Waals surface area contributed by atoms with Gasteiger partial charge in [-0.15, -0.1) is 0 Å². The number of benzene rings is 1. The van der Waals surface area contributed by atoms with Crippen LogP contribution in [-0.2, 0) is 0 Å². The molecule has 3 heteroatoms. The Hall–Kier alpha value is -1.51. The highest BCUT2D eigenvalue weighted by Gasteiger charge is 2.08. The van der Waals surface area contributed by atoms with Crippen LogP contribution in [0.25, 0.3) is 10.8 Å². The zero-order chi connectivity index (χ0) is 9.42. The molecular weight excluding hydrogens is 172 g/mol. The van der Waals surface area contributed by atoms with Crippen molar-refractivity contribution in [1.82, 2.24) is 4.98 Å². The molecule has 0 aliphatic rings. The molecule has 0 aliphatic carbocycles. The third kappa shape index (κ3) is 1.16. The van der Waals surface area contributed by atoms with E-state index in [1.54, 1.807) is 0 Å². The quantitative estimate of drug-likeness (QED) is 0.606. The van der Waals surface area contributed by atoms with E-state index in [-0.39, 0.29) is 5.56 Å². The third-order valence-electron chi connectivity index (χ3n) is 2.06. The molecule has 66 valence electrons. The maximum atomic E-state index is 13.4.